The molecule has 1 N–H and O–H groups in total. The average molecular weight is 333 g/mol. The number of likely N-dealkylation sites (N-methyl/N-ethyl adjacent to an activating group) is 1. The summed E-state index contributed by atoms with van der Waals surface area (Å²) in [5.41, 5.74) is 2.30. The van der Waals surface area contributed by atoms with Crippen LogP contribution in [0.4, 0.5) is 5.69 Å². The fourth-order valence-corrected chi connectivity index (χ4v) is 2.41. The molecule has 0 atom stereocenters. The highest BCUT2D eigenvalue weighted by Crippen LogP contribution is 2.32. The zero-order chi connectivity index (χ0) is 17.9. The molecule has 0 bridgehead atoms. The quantitative estimate of drug-likeness (QED) is 0.790. The van der Waals surface area contributed by atoms with E-state index in [1.54, 1.807) is 0 Å². The molecule has 0 aliphatic carbocycles. The fraction of sp³-hybridized carbons (Fsp3) is 0.500. The predicted octanol–water partition coefficient (Wildman–Crippen LogP) is 2.74. The van der Waals surface area contributed by atoms with Gasteiger partial charge in [0.1, 0.15) is 18.1 Å². The van der Waals surface area contributed by atoms with Gasteiger partial charge in [0.15, 0.2) is 0 Å². The lowest BCUT2D eigenvalue weighted by Crippen LogP contribution is -2.20. The number of benzene rings is 1. The van der Waals surface area contributed by atoms with Crippen molar-refractivity contribution in [2.75, 3.05) is 46.2 Å². The zero-order valence-corrected chi connectivity index (χ0v) is 15.3. The first-order valence-electron chi connectivity index (χ1n) is 8.10. The Labute approximate surface area is 143 Å². The van der Waals surface area contributed by atoms with E-state index in [-0.39, 0.29) is 12.1 Å². The minimum atomic E-state index is -0.343. The van der Waals surface area contributed by atoms with Crippen LogP contribution < -0.4 is 9.64 Å². The maximum atomic E-state index is 12.2. The number of rotatable bonds is 7. The summed E-state index contributed by atoms with van der Waals surface area (Å²) in [6.07, 6.45) is 0.0860. The first kappa shape index (κ1) is 18.1. The lowest BCUT2D eigenvalue weighted by Gasteiger charge is -2.17. The minimum Gasteiger partial charge on any atom is -0.491 e. The molecule has 0 radical (unpaired) electrons. The van der Waals surface area contributed by atoms with Gasteiger partial charge in [-0.25, -0.2) is 4.79 Å². The van der Waals surface area contributed by atoms with Crippen molar-refractivity contribution in [1.82, 2.24) is 9.88 Å². The molecule has 1 aromatic heterocycles. The average Bonchev–Trinajstić information content (AvgIpc) is 2.88. The second-order valence-electron chi connectivity index (χ2n) is 6.59. The van der Waals surface area contributed by atoms with E-state index in [1.807, 2.05) is 70.0 Å². The molecule has 6 heteroatoms. The van der Waals surface area contributed by atoms with E-state index in [9.17, 15) is 4.79 Å². The normalized spacial score (nSPS) is 11.3. The molecular formula is C18H27N3O3. The SMILES string of the molecule is CC(C)Oc1cc(N(C)C)c2cc(C(=O)OCCN(C)C)[nH]c2c1. The number of ether oxygens (including phenoxy) is 2. The van der Waals surface area contributed by atoms with Crippen LogP contribution in [0.5, 0.6) is 5.75 Å². The molecule has 24 heavy (non-hydrogen) atoms. The first-order valence-corrected chi connectivity index (χ1v) is 8.10. The van der Waals surface area contributed by atoms with Gasteiger partial charge >= 0.3 is 5.97 Å². The van der Waals surface area contributed by atoms with Crippen LogP contribution in [-0.4, -0.2) is 63.3 Å². The Hall–Kier alpha value is -2.21. The Bertz CT molecular complexity index is 705. The highest BCUT2D eigenvalue weighted by molar-refractivity contribution is 6.00. The molecule has 0 saturated carbocycles. The van der Waals surface area contributed by atoms with Crippen LogP contribution in [0.15, 0.2) is 18.2 Å². The van der Waals surface area contributed by atoms with Crippen LogP contribution >= 0.6 is 0 Å². The molecule has 1 heterocycles. The molecule has 132 valence electrons. The van der Waals surface area contributed by atoms with Gasteiger partial charge in [0, 0.05) is 43.8 Å². The van der Waals surface area contributed by atoms with Gasteiger partial charge < -0.3 is 24.3 Å². The van der Waals surface area contributed by atoms with Crippen molar-refractivity contribution in [2.24, 2.45) is 0 Å². The smallest absolute Gasteiger partial charge is 0.354 e. The summed E-state index contributed by atoms with van der Waals surface area (Å²) in [5.74, 6) is 0.430. The van der Waals surface area contributed by atoms with Crippen LogP contribution in [-0.2, 0) is 4.74 Å². The van der Waals surface area contributed by atoms with E-state index in [4.69, 9.17) is 9.47 Å². The number of aromatic nitrogens is 1. The molecule has 0 saturated heterocycles. The van der Waals surface area contributed by atoms with Crippen LogP contribution in [0.25, 0.3) is 10.9 Å². The Balaban J connectivity index is 2.31. The van der Waals surface area contributed by atoms with Crippen molar-refractivity contribution >= 4 is 22.6 Å². The highest BCUT2D eigenvalue weighted by Gasteiger charge is 2.16. The Kier molecular flexibility index (Phi) is 5.72. The van der Waals surface area contributed by atoms with E-state index < -0.39 is 0 Å². The Morgan fingerprint density at radius 1 is 1.17 bits per heavy atom. The zero-order valence-electron chi connectivity index (χ0n) is 15.3. The summed E-state index contributed by atoms with van der Waals surface area (Å²) in [6, 6.07) is 5.73. The monoisotopic (exact) mass is 333 g/mol. The van der Waals surface area contributed by atoms with Crippen molar-refractivity contribution in [2.45, 2.75) is 20.0 Å². The maximum absolute atomic E-state index is 12.2. The number of aromatic amines is 1. The number of nitrogens with one attached hydrogen (secondary N) is 1. The second kappa shape index (κ2) is 7.57. The lowest BCUT2D eigenvalue weighted by atomic mass is 10.2. The molecule has 0 fully saturated rings. The third kappa shape index (κ3) is 4.41. The number of carbonyl (C=O) groups excluding carboxylic acids is 1. The molecule has 0 spiro atoms. The second-order valence-corrected chi connectivity index (χ2v) is 6.59. The van der Waals surface area contributed by atoms with E-state index in [1.165, 1.54) is 0 Å². The summed E-state index contributed by atoms with van der Waals surface area (Å²) in [5, 5.41) is 0.968. The van der Waals surface area contributed by atoms with Crippen molar-refractivity contribution in [1.29, 1.82) is 0 Å². The van der Waals surface area contributed by atoms with Crippen molar-refractivity contribution in [3.8, 4) is 5.75 Å². The topological polar surface area (TPSA) is 57.8 Å². The Morgan fingerprint density at radius 2 is 1.88 bits per heavy atom. The van der Waals surface area contributed by atoms with E-state index in [0.29, 0.717) is 18.8 Å². The number of esters is 1. The molecule has 2 rings (SSSR count). The van der Waals surface area contributed by atoms with Gasteiger partial charge in [0.05, 0.1) is 11.6 Å². The van der Waals surface area contributed by atoms with E-state index >= 15 is 0 Å². The number of carbonyl (C=O) groups is 1. The first-order chi connectivity index (χ1) is 11.3. The molecule has 0 aliphatic rings. The van der Waals surface area contributed by atoms with Gasteiger partial charge in [0.2, 0.25) is 0 Å². The number of fused-ring (bicyclic) bond motifs is 1. The summed E-state index contributed by atoms with van der Waals surface area (Å²) in [4.78, 5) is 19.3. The Morgan fingerprint density at radius 3 is 2.46 bits per heavy atom. The summed E-state index contributed by atoms with van der Waals surface area (Å²) >= 11 is 0. The van der Waals surface area contributed by atoms with Gasteiger partial charge in [-0.05, 0) is 34.0 Å². The number of hydrogen-bond donors (Lipinski definition) is 1. The van der Waals surface area contributed by atoms with Crippen LogP contribution in [0, 0.1) is 0 Å². The van der Waals surface area contributed by atoms with Gasteiger partial charge in [-0.15, -0.1) is 0 Å². The van der Waals surface area contributed by atoms with E-state index in [0.717, 1.165) is 22.3 Å². The predicted molar refractivity (Wildman–Crippen MR) is 97.2 cm³/mol. The highest BCUT2D eigenvalue weighted by atomic mass is 16.5. The summed E-state index contributed by atoms with van der Waals surface area (Å²) in [6.45, 7) is 5.04. The van der Waals surface area contributed by atoms with Crippen LogP contribution in [0.2, 0.25) is 0 Å². The van der Waals surface area contributed by atoms with E-state index in [2.05, 4.69) is 4.98 Å². The summed E-state index contributed by atoms with van der Waals surface area (Å²) < 4.78 is 11.1. The number of anilines is 1. The van der Waals surface area contributed by atoms with Crippen LogP contribution in [0.3, 0.4) is 0 Å². The molecule has 1 aromatic carbocycles. The third-order valence-electron chi connectivity index (χ3n) is 3.53. The molecule has 6 nitrogen and oxygen atoms in total. The van der Waals surface area contributed by atoms with Gasteiger partial charge in [-0.1, -0.05) is 0 Å². The molecule has 0 unspecified atom stereocenters. The molecular weight excluding hydrogens is 306 g/mol. The summed E-state index contributed by atoms with van der Waals surface area (Å²) in [7, 11) is 7.82. The standard InChI is InChI=1S/C18H27N3O3/c1-12(2)24-13-9-15-14(17(10-13)21(5)6)11-16(19-15)18(22)23-8-7-20(3)4/h9-12,19H,7-8H2,1-6H3. The number of hydrogen-bond acceptors (Lipinski definition) is 5. The number of H-pyrrole nitrogens is 1. The van der Waals surface area contributed by atoms with Gasteiger partial charge in [-0.3, -0.25) is 0 Å². The molecule has 0 aliphatic heterocycles. The van der Waals surface area contributed by atoms with Gasteiger partial charge in [0.25, 0.3) is 0 Å². The van der Waals surface area contributed by atoms with Crippen molar-refractivity contribution in [3.05, 3.63) is 23.9 Å². The number of nitrogens with zero attached hydrogens (tertiary/aromatic N) is 2. The van der Waals surface area contributed by atoms with Crippen LogP contribution in [0.1, 0.15) is 24.3 Å². The fourth-order valence-electron chi connectivity index (χ4n) is 2.41. The van der Waals surface area contributed by atoms with Gasteiger partial charge in [-0.2, -0.15) is 0 Å². The molecule has 0 amide bonds. The van der Waals surface area contributed by atoms with Crippen molar-refractivity contribution < 1.29 is 14.3 Å². The lowest BCUT2D eigenvalue weighted by molar-refractivity contribution is 0.0476. The molecule has 2 aromatic rings. The maximum Gasteiger partial charge on any atom is 0.354 e. The minimum absolute atomic E-state index is 0.0860. The van der Waals surface area contributed by atoms with Crippen molar-refractivity contribution in [3.63, 3.8) is 0 Å². The largest absolute Gasteiger partial charge is 0.491 e. The third-order valence-corrected chi connectivity index (χ3v) is 3.53.